The average Bonchev–Trinajstić information content (AvgIpc) is 2.79. The van der Waals surface area contributed by atoms with Crippen LogP contribution in [0.15, 0.2) is 0 Å². The number of hydrogen-bond donors (Lipinski definition) is 10. The van der Waals surface area contributed by atoms with Crippen LogP contribution in [0.25, 0.3) is 0 Å². The van der Waals surface area contributed by atoms with Crippen LogP contribution in [0, 0.1) is 0 Å². The average molecular weight is 488 g/mol. The molecule has 15 heteroatoms. The summed E-state index contributed by atoms with van der Waals surface area (Å²) in [6, 6.07) is 0. The van der Waals surface area contributed by atoms with Crippen LogP contribution < -0.4 is 0 Å². The van der Waals surface area contributed by atoms with Crippen molar-refractivity contribution in [2.75, 3.05) is 13.2 Å². The Hall–Kier alpha value is -0.600. The first-order valence-corrected chi connectivity index (χ1v) is 10.4. The molecule has 1 unspecified atom stereocenters. The van der Waals surface area contributed by atoms with Crippen LogP contribution in [0.5, 0.6) is 0 Å². The fourth-order valence-electron chi connectivity index (χ4n) is 4.02. The number of rotatable bonds is 6. The van der Waals surface area contributed by atoms with Gasteiger partial charge in [-0.25, -0.2) is 0 Å². The monoisotopic (exact) mass is 488 g/mol. The van der Waals surface area contributed by atoms with Crippen LogP contribution >= 0.6 is 0 Å². The van der Waals surface area contributed by atoms with Gasteiger partial charge < -0.3 is 74.7 Å². The predicted octanol–water partition coefficient (Wildman–Crippen LogP) is -6.55. The molecule has 0 aromatic rings. The Balaban J connectivity index is 1.67. The van der Waals surface area contributed by atoms with Gasteiger partial charge in [0.05, 0.1) is 19.3 Å². The van der Waals surface area contributed by atoms with E-state index in [4.69, 9.17) is 23.7 Å². The van der Waals surface area contributed by atoms with E-state index in [1.54, 1.807) is 0 Å². The second kappa shape index (κ2) is 11.0. The van der Waals surface area contributed by atoms with Crippen molar-refractivity contribution in [2.24, 2.45) is 0 Å². The summed E-state index contributed by atoms with van der Waals surface area (Å²) >= 11 is 0. The molecule has 15 atom stereocenters. The van der Waals surface area contributed by atoms with Gasteiger partial charge in [-0.3, -0.25) is 0 Å². The van der Waals surface area contributed by atoms with Crippen molar-refractivity contribution in [2.45, 2.75) is 99.0 Å². The first-order chi connectivity index (χ1) is 15.5. The molecule has 0 amide bonds. The maximum atomic E-state index is 10.6. The van der Waals surface area contributed by atoms with Gasteiger partial charge in [-0.1, -0.05) is 0 Å². The van der Waals surface area contributed by atoms with Crippen LogP contribution in [0.1, 0.15) is 6.92 Å². The number of aliphatic hydroxyl groups excluding tert-OH is 10. The second-order valence-electron chi connectivity index (χ2n) is 8.32. The molecule has 3 aliphatic heterocycles. The highest BCUT2D eigenvalue weighted by molar-refractivity contribution is 4.95. The highest BCUT2D eigenvalue weighted by atomic mass is 16.7. The zero-order valence-corrected chi connectivity index (χ0v) is 17.6. The molecule has 0 radical (unpaired) electrons. The molecule has 3 rings (SSSR count). The van der Waals surface area contributed by atoms with E-state index in [1.165, 1.54) is 6.92 Å². The molecule has 15 nitrogen and oxygen atoms in total. The van der Waals surface area contributed by atoms with Gasteiger partial charge in [-0.15, -0.1) is 0 Å². The van der Waals surface area contributed by atoms with E-state index >= 15 is 0 Å². The maximum absolute atomic E-state index is 10.6. The van der Waals surface area contributed by atoms with Crippen LogP contribution in [0.3, 0.4) is 0 Å². The zero-order chi connectivity index (χ0) is 24.6. The van der Waals surface area contributed by atoms with Gasteiger partial charge in [0.15, 0.2) is 18.9 Å². The standard InChI is InChI=1S/C18H32O15/c1-4-14(32-18-11(25)9(23)7(21)5(2-19)31-18)10(24)12(26)17(29-4)33-15-8(22)6(3-20)30-16(28)13(15)27/h4-28H,2-3H2,1H3/t4-,5+,6+,7+,8-,9-,10-,11-,12+,13+,14-,15-,16?,17-,18-/m0/s1. The van der Waals surface area contributed by atoms with E-state index in [-0.39, 0.29) is 0 Å². The molecular formula is C18H32O15. The third kappa shape index (κ3) is 5.32. The third-order valence-electron chi connectivity index (χ3n) is 6.05. The normalized spacial score (nSPS) is 53.7. The summed E-state index contributed by atoms with van der Waals surface area (Å²) in [5, 5.41) is 99.5. The Morgan fingerprint density at radius 3 is 1.67 bits per heavy atom. The van der Waals surface area contributed by atoms with Crippen LogP contribution in [0.4, 0.5) is 0 Å². The topological polar surface area (TPSA) is 248 Å². The van der Waals surface area contributed by atoms with Crippen LogP contribution in [-0.2, 0) is 23.7 Å². The van der Waals surface area contributed by atoms with Crippen molar-refractivity contribution in [3.63, 3.8) is 0 Å². The van der Waals surface area contributed by atoms with E-state index in [0.29, 0.717) is 0 Å². The van der Waals surface area contributed by atoms with E-state index in [0.717, 1.165) is 0 Å². The fourth-order valence-corrected chi connectivity index (χ4v) is 4.02. The van der Waals surface area contributed by atoms with Gasteiger partial charge in [0.2, 0.25) is 0 Å². The Morgan fingerprint density at radius 2 is 1.06 bits per heavy atom. The Kier molecular flexibility index (Phi) is 8.99. The quantitative estimate of drug-likeness (QED) is 0.167. The SMILES string of the molecule is C[C@@H]1O[C@@H](O[C@H]2[C@@H](O)[C@@H](CO)OC(O)[C@@H]2O)[C@H](O)[C@H](O)[C@H]1O[C@@H]1O[C@H](CO)[C@@H](O)[C@H](O)[C@@H]1O. The number of aliphatic hydroxyl groups is 10. The van der Waals surface area contributed by atoms with Crippen molar-refractivity contribution in [1.29, 1.82) is 0 Å². The van der Waals surface area contributed by atoms with E-state index in [2.05, 4.69) is 0 Å². The van der Waals surface area contributed by atoms with Crippen molar-refractivity contribution in [3.8, 4) is 0 Å². The first kappa shape index (κ1) is 27.0. The molecule has 10 N–H and O–H groups in total. The van der Waals surface area contributed by atoms with Crippen molar-refractivity contribution in [3.05, 3.63) is 0 Å². The molecule has 0 spiro atoms. The summed E-state index contributed by atoms with van der Waals surface area (Å²) in [4.78, 5) is 0. The summed E-state index contributed by atoms with van der Waals surface area (Å²) in [6.07, 6.45) is -23.5. The molecule has 3 saturated heterocycles. The largest absolute Gasteiger partial charge is 0.394 e. The third-order valence-corrected chi connectivity index (χ3v) is 6.05. The summed E-state index contributed by atoms with van der Waals surface area (Å²) < 4.78 is 26.5. The van der Waals surface area contributed by atoms with Crippen molar-refractivity contribution >= 4 is 0 Å². The van der Waals surface area contributed by atoms with E-state index in [9.17, 15) is 51.1 Å². The molecule has 3 heterocycles. The van der Waals surface area contributed by atoms with Gasteiger partial charge in [-0.05, 0) is 6.92 Å². The molecule has 33 heavy (non-hydrogen) atoms. The summed E-state index contributed by atoms with van der Waals surface area (Å²) in [6.45, 7) is 0.00827. The molecule has 0 aromatic heterocycles. The van der Waals surface area contributed by atoms with Crippen molar-refractivity contribution < 1.29 is 74.7 Å². The number of hydrogen-bond acceptors (Lipinski definition) is 15. The zero-order valence-electron chi connectivity index (χ0n) is 17.6. The molecule has 0 saturated carbocycles. The van der Waals surface area contributed by atoms with E-state index < -0.39 is 105 Å². The van der Waals surface area contributed by atoms with Gasteiger partial charge in [-0.2, -0.15) is 0 Å². The molecule has 3 fully saturated rings. The molecule has 0 aliphatic carbocycles. The summed E-state index contributed by atoms with van der Waals surface area (Å²) in [7, 11) is 0. The fraction of sp³-hybridized carbons (Fsp3) is 1.00. The lowest BCUT2D eigenvalue weighted by molar-refractivity contribution is -0.374. The Morgan fingerprint density at radius 1 is 0.545 bits per heavy atom. The van der Waals surface area contributed by atoms with Gasteiger partial charge in [0.25, 0.3) is 0 Å². The number of ether oxygens (including phenoxy) is 5. The maximum Gasteiger partial charge on any atom is 0.187 e. The van der Waals surface area contributed by atoms with E-state index in [1.807, 2.05) is 0 Å². The summed E-state index contributed by atoms with van der Waals surface area (Å²) in [5.74, 6) is 0. The smallest absolute Gasteiger partial charge is 0.187 e. The minimum atomic E-state index is -1.82. The minimum absolute atomic E-state index is 0.695. The lowest BCUT2D eigenvalue weighted by Crippen LogP contribution is -2.65. The predicted molar refractivity (Wildman–Crippen MR) is 99.8 cm³/mol. The molecule has 3 aliphatic rings. The Labute approximate surface area is 187 Å². The minimum Gasteiger partial charge on any atom is -0.394 e. The van der Waals surface area contributed by atoms with Crippen molar-refractivity contribution in [1.82, 2.24) is 0 Å². The summed E-state index contributed by atoms with van der Waals surface area (Å²) in [5.41, 5.74) is 0. The second-order valence-corrected chi connectivity index (χ2v) is 8.32. The van der Waals surface area contributed by atoms with Gasteiger partial charge >= 0.3 is 0 Å². The lowest BCUT2D eigenvalue weighted by atomic mass is 9.96. The highest BCUT2D eigenvalue weighted by Crippen LogP contribution is 2.31. The lowest BCUT2D eigenvalue weighted by Gasteiger charge is -2.47. The first-order valence-electron chi connectivity index (χ1n) is 10.4. The Bertz CT molecular complexity index is 624. The molecular weight excluding hydrogens is 456 g/mol. The van der Waals surface area contributed by atoms with Crippen LogP contribution in [-0.4, -0.2) is 156 Å². The van der Waals surface area contributed by atoms with Crippen LogP contribution in [0.2, 0.25) is 0 Å². The molecule has 194 valence electrons. The molecule has 0 aromatic carbocycles. The van der Waals surface area contributed by atoms with Gasteiger partial charge in [0, 0.05) is 0 Å². The molecule has 0 bridgehead atoms. The highest BCUT2D eigenvalue weighted by Gasteiger charge is 2.52. The van der Waals surface area contributed by atoms with Gasteiger partial charge in [0.1, 0.15) is 67.1 Å².